The van der Waals surface area contributed by atoms with Gasteiger partial charge in [0.1, 0.15) is 0 Å². The number of nitrogens with one attached hydrogen (secondary N) is 1. The molecule has 1 unspecified atom stereocenters. The fraction of sp³-hybridized carbons (Fsp3) is 0.933. The van der Waals surface area contributed by atoms with Crippen LogP contribution in [0.1, 0.15) is 60.3 Å². The van der Waals surface area contributed by atoms with Crippen molar-refractivity contribution < 1.29 is 0 Å². The molecular formula is C15H30N2S. The van der Waals surface area contributed by atoms with Crippen molar-refractivity contribution in [2.24, 2.45) is 16.3 Å². The van der Waals surface area contributed by atoms with Gasteiger partial charge in [-0.25, -0.2) is 0 Å². The molecule has 1 N–H and O–H groups in total. The Morgan fingerprint density at radius 2 is 1.83 bits per heavy atom. The second kappa shape index (κ2) is 7.42. The molecule has 0 spiro atoms. The summed E-state index contributed by atoms with van der Waals surface area (Å²) < 4.78 is 0. The van der Waals surface area contributed by atoms with Crippen LogP contribution in [-0.2, 0) is 0 Å². The summed E-state index contributed by atoms with van der Waals surface area (Å²) in [6, 6.07) is 0.544. The summed E-state index contributed by atoms with van der Waals surface area (Å²) in [7, 11) is 0. The second-order valence-electron chi connectivity index (χ2n) is 5.63. The third-order valence-electron chi connectivity index (χ3n) is 4.68. The maximum atomic E-state index is 4.78. The van der Waals surface area contributed by atoms with E-state index < -0.39 is 0 Å². The van der Waals surface area contributed by atoms with Gasteiger partial charge in [-0.05, 0) is 31.1 Å². The Kier molecular flexibility index (Phi) is 6.54. The number of hydrogen-bond donors (Lipinski definition) is 1. The lowest BCUT2D eigenvalue weighted by molar-refractivity contribution is 0.317. The van der Waals surface area contributed by atoms with Crippen LogP contribution in [0.4, 0.5) is 0 Å². The second-order valence-corrected chi connectivity index (χ2v) is 6.59. The van der Waals surface area contributed by atoms with Crippen LogP contribution in [-0.4, -0.2) is 23.5 Å². The number of rotatable bonds is 6. The molecule has 0 bridgehead atoms. The number of nitrogens with zero attached hydrogens (tertiary/aromatic N) is 1. The lowest BCUT2D eigenvalue weighted by Crippen LogP contribution is -2.40. The normalized spacial score (nSPS) is 20.7. The smallest absolute Gasteiger partial charge is 0.156 e. The summed E-state index contributed by atoms with van der Waals surface area (Å²) >= 11 is 1.92. The summed E-state index contributed by atoms with van der Waals surface area (Å²) in [6.45, 7) is 12.4. The van der Waals surface area contributed by atoms with Crippen LogP contribution >= 0.6 is 11.8 Å². The number of amidine groups is 1. The minimum atomic E-state index is 0.452. The van der Waals surface area contributed by atoms with Gasteiger partial charge >= 0.3 is 0 Å². The van der Waals surface area contributed by atoms with E-state index in [1.165, 1.54) is 36.6 Å². The van der Waals surface area contributed by atoms with E-state index >= 15 is 0 Å². The predicted octanol–water partition coefficient (Wildman–Crippen LogP) is 4.31. The molecule has 106 valence electrons. The van der Waals surface area contributed by atoms with E-state index in [-0.39, 0.29) is 0 Å². The van der Waals surface area contributed by atoms with Gasteiger partial charge in [0.05, 0.1) is 0 Å². The first-order valence-electron chi connectivity index (χ1n) is 7.54. The van der Waals surface area contributed by atoms with Crippen molar-refractivity contribution in [3.8, 4) is 0 Å². The lowest BCUT2D eigenvalue weighted by atomic mass is 9.84. The molecule has 0 saturated carbocycles. The standard InChI is InChI=1S/C15H30N2S/c1-6-13(7-2)12(5)17-14-16-10-15(8-3,9-4)11-18-14/h12-13H,6-11H2,1-5H3,(H,16,17). The Balaban J connectivity index is 2.53. The van der Waals surface area contributed by atoms with Gasteiger partial charge in [-0.3, -0.25) is 4.99 Å². The Hall–Kier alpha value is -0.180. The van der Waals surface area contributed by atoms with Crippen LogP contribution in [0.15, 0.2) is 4.99 Å². The molecule has 3 heteroatoms. The highest BCUT2D eigenvalue weighted by molar-refractivity contribution is 8.13. The van der Waals surface area contributed by atoms with Gasteiger partial charge in [-0.2, -0.15) is 0 Å². The molecular weight excluding hydrogens is 240 g/mol. The van der Waals surface area contributed by atoms with Crippen LogP contribution in [0.3, 0.4) is 0 Å². The predicted molar refractivity (Wildman–Crippen MR) is 84.4 cm³/mol. The summed E-state index contributed by atoms with van der Waals surface area (Å²) in [6.07, 6.45) is 4.98. The van der Waals surface area contributed by atoms with E-state index in [1.807, 2.05) is 11.8 Å². The Labute approximate surface area is 117 Å². The number of thioether (sulfide) groups is 1. The molecule has 0 saturated heterocycles. The van der Waals surface area contributed by atoms with Crippen molar-refractivity contribution in [3.63, 3.8) is 0 Å². The molecule has 0 aromatic rings. The summed E-state index contributed by atoms with van der Waals surface area (Å²) in [5.74, 6) is 1.99. The number of aliphatic imine (C=N–C) groups is 1. The van der Waals surface area contributed by atoms with Gasteiger partial charge in [0.25, 0.3) is 0 Å². The van der Waals surface area contributed by atoms with Crippen molar-refractivity contribution in [1.29, 1.82) is 0 Å². The highest BCUT2D eigenvalue weighted by atomic mass is 32.2. The average Bonchev–Trinajstić information content (AvgIpc) is 2.41. The van der Waals surface area contributed by atoms with Crippen LogP contribution < -0.4 is 5.32 Å². The van der Waals surface area contributed by atoms with E-state index in [2.05, 4.69) is 39.9 Å². The van der Waals surface area contributed by atoms with Crippen molar-refractivity contribution in [1.82, 2.24) is 5.32 Å². The van der Waals surface area contributed by atoms with Crippen LogP contribution in [0, 0.1) is 11.3 Å². The minimum Gasteiger partial charge on any atom is -0.362 e. The molecule has 0 aliphatic carbocycles. The average molecular weight is 270 g/mol. The maximum Gasteiger partial charge on any atom is 0.156 e. The molecule has 0 aromatic heterocycles. The van der Waals surface area contributed by atoms with Gasteiger partial charge in [0.2, 0.25) is 0 Å². The van der Waals surface area contributed by atoms with Gasteiger partial charge < -0.3 is 5.32 Å². The highest BCUT2D eigenvalue weighted by Crippen LogP contribution is 2.35. The summed E-state index contributed by atoms with van der Waals surface area (Å²) in [5.41, 5.74) is 0.452. The maximum absolute atomic E-state index is 4.78. The van der Waals surface area contributed by atoms with Crippen LogP contribution in [0.5, 0.6) is 0 Å². The highest BCUT2D eigenvalue weighted by Gasteiger charge is 2.30. The zero-order valence-corrected chi connectivity index (χ0v) is 13.6. The molecule has 1 atom stereocenters. The lowest BCUT2D eigenvalue weighted by Gasteiger charge is -2.34. The van der Waals surface area contributed by atoms with Gasteiger partial charge in [-0.1, -0.05) is 52.3 Å². The van der Waals surface area contributed by atoms with Gasteiger partial charge in [0, 0.05) is 18.3 Å². The molecule has 1 heterocycles. The topological polar surface area (TPSA) is 24.4 Å². The molecule has 0 fully saturated rings. The van der Waals surface area contributed by atoms with Crippen LogP contribution in [0.25, 0.3) is 0 Å². The van der Waals surface area contributed by atoms with E-state index in [0.29, 0.717) is 11.5 Å². The molecule has 0 radical (unpaired) electrons. The first kappa shape index (κ1) is 15.9. The number of hydrogen-bond acceptors (Lipinski definition) is 3. The largest absolute Gasteiger partial charge is 0.362 e. The SMILES string of the molecule is CCC(CC)C(C)NC1=NCC(CC)(CC)CS1. The zero-order chi connectivity index (χ0) is 13.6. The molecule has 1 aliphatic heterocycles. The fourth-order valence-corrected chi connectivity index (χ4v) is 3.99. The third-order valence-corrected chi connectivity index (χ3v) is 5.96. The first-order chi connectivity index (χ1) is 8.60. The molecule has 0 aromatic carbocycles. The van der Waals surface area contributed by atoms with Crippen molar-refractivity contribution in [2.45, 2.75) is 66.3 Å². The van der Waals surface area contributed by atoms with E-state index in [4.69, 9.17) is 4.99 Å². The Bertz CT molecular complexity index is 268. The van der Waals surface area contributed by atoms with E-state index in [0.717, 1.165) is 12.5 Å². The summed E-state index contributed by atoms with van der Waals surface area (Å²) in [4.78, 5) is 4.78. The fourth-order valence-electron chi connectivity index (χ4n) is 2.63. The first-order valence-corrected chi connectivity index (χ1v) is 8.53. The molecule has 18 heavy (non-hydrogen) atoms. The van der Waals surface area contributed by atoms with Crippen molar-refractivity contribution in [2.75, 3.05) is 12.3 Å². The van der Waals surface area contributed by atoms with Crippen molar-refractivity contribution in [3.05, 3.63) is 0 Å². The van der Waals surface area contributed by atoms with Gasteiger partial charge in [-0.15, -0.1) is 0 Å². The molecule has 1 aliphatic rings. The molecule has 2 nitrogen and oxygen atoms in total. The Morgan fingerprint density at radius 1 is 1.22 bits per heavy atom. The van der Waals surface area contributed by atoms with E-state index in [1.54, 1.807) is 0 Å². The third kappa shape index (κ3) is 3.91. The molecule has 0 amide bonds. The molecule has 1 rings (SSSR count). The minimum absolute atomic E-state index is 0.452. The summed E-state index contributed by atoms with van der Waals surface area (Å²) in [5, 5.41) is 4.79. The zero-order valence-electron chi connectivity index (χ0n) is 12.8. The van der Waals surface area contributed by atoms with E-state index in [9.17, 15) is 0 Å². The van der Waals surface area contributed by atoms with Crippen molar-refractivity contribution >= 4 is 16.9 Å². The quantitative estimate of drug-likeness (QED) is 0.778. The Morgan fingerprint density at radius 3 is 2.22 bits per heavy atom. The van der Waals surface area contributed by atoms with Gasteiger partial charge in [0.15, 0.2) is 5.17 Å². The van der Waals surface area contributed by atoms with Crippen LogP contribution in [0.2, 0.25) is 0 Å². The monoisotopic (exact) mass is 270 g/mol.